The van der Waals surface area contributed by atoms with E-state index in [0.717, 1.165) is 0 Å². The predicted molar refractivity (Wildman–Crippen MR) is 64.1 cm³/mol. The summed E-state index contributed by atoms with van der Waals surface area (Å²) >= 11 is 1.17. The fourth-order valence-electron chi connectivity index (χ4n) is 1.33. The van der Waals surface area contributed by atoms with Crippen molar-refractivity contribution in [3.8, 4) is 6.07 Å². The van der Waals surface area contributed by atoms with Gasteiger partial charge < -0.3 is 5.11 Å². The average molecular weight is 253 g/mol. The molecule has 0 amide bonds. The molecule has 1 unspecified atom stereocenters. The van der Waals surface area contributed by atoms with Gasteiger partial charge in [-0.25, -0.2) is 4.39 Å². The molecule has 0 aliphatic rings. The maximum atomic E-state index is 13.6. The molecule has 1 N–H and O–H groups in total. The zero-order valence-electron chi connectivity index (χ0n) is 9.31. The molecule has 0 spiro atoms. The smallest absolute Gasteiger partial charge is 0.316 e. The maximum Gasteiger partial charge on any atom is 0.316 e. The molecule has 1 rings (SSSR count). The van der Waals surface area contributed by atoms with Gasteiger partial charge in [-0.05, 0) is 18.1 Å². The molecule has 1 aromatic rings. The lowest BCUT2D eigenvalue weighted by molar-refractivity contribution is -0.136. The molecule has 0 bridgehead atoms. The van der Waals surface area contributed by atoms with Crippen LogP contribution in [-0.4, -0.2) is 16.3 Å². The Hall–Kier alpha value is -1.54. The van der Waals surface area contributed by atoms with Gasteiger partial charge in [-0.2, -0.15) is 5.26 Å². The number of benzene rings is 1. The number of aliphatic carboxylic acids is 1. The molecule has 1 aromatic carbocycles. The lowest BCUT2D eigenvalue weighted by Crippen LogP contribution is -2.15. The molecule has 0 aliphatic carbocycles. The van der Waals surface area contributed by atoms with E-state index in [9.17, 15) is 9.18 Å². The van der Waals surface area contributed by atoms with Gasteiger partial charge in [0.2, 0.25) is 0 Å². The summed E-state index contributed by atoms with van der Waals surface area (Å²) in [5, 5.41) is 17.0. The van der Waals surface area contributed by atoms with Crippen molar-refractivity contribution >= 4 is 17.7 Å². The summed E-state index contributed by atoms with van der Waals surface area (Å²) in [5.74, 6) is -1.19. The molecule has 0 fully saturated rings. The van der Waals surface area contributed by atoms with E-state index in [0.29, 0.717) is 12.0 Å². The lowest BCUT2D eigenvalue weighted by atomic mass is 10.1. The van der Waals surface area contributed by atoms with Crippen molar-refractivity contribution in [2.24, 2.45) is 0 Å². The number of carboxylic acids is 1. The largest absolute Gasteiger partial charge is 0.480 e. The summed E-state index contributed by atoms with van der Waals surface area (Å²) in [6.45, 7) is 1.77. The van der Waals surface area contributed by atoms with Gasteiger partial charge in [0.05, 0.1) is 5.56 Å². The highest BCUT2D eigenvalue weighted by atomic mass is 32.2. The first-order valence-electron chi connectivity index (χ1n) is 5.12. The van der Waals surface area contributed by atoms with E-state index >= 15 is 0 Å². The Kier molecular flexibility index (Phi) is 4.98. The monoisotopic (exact) mass is 253 g/mol. The lowest BCUT2D eigenvalue weighted by Gasteiger charge is -2.10. The second kappa shape index (κ2) is 6.26. The normalized spacial score (nSPS) is 11.8. The third kappa shape index (κ3) is 3.46. The number of carboxylic acid groups (broad SMARTS) is 1. The van der Waals surface area contributed by atoms with Crippen LogP contribution in [0.1, 0.15) is 24.5 Å². The number of hydrogen-bond donors (Lipinski definition) is 1. The number of hydrogen-bond acceptors (Lipinski definition) is 3. The molecule has 17 heavy (non-hydrogen) atoms. The number of halogens is 1. The number of rotatable bonds is 5. The fraction of sp³-hybridized carbons (Fsp3) is 0.333. The number of nitrogens with zero attached hydrogens (tertiary/aromatic N) is 1. The van der Waals surface area contributed by atoms with Crippen molar-refractivity contribution in [2.75, 3.05) is 0 Å². The maximum absolute atomic E-state index is 13.6. The predicted octanol–water partition coefficient (Wildman–Crippen LogP) is 2.79. The topological polar surface area (TPSA) is 61.1 Å². The van der Waals surface area contributed by atoms with Crippen molar-refractivity contribution in [3.63, 3.8) is 0 Å². The van der Waals surface area contributed by atoms with Gasteiger partial charge in [-0.15, -0.1) is 11.8 Å². The van der Waals surface area contributed by atoms with E-state index in [-0.39, 0.29) is 11.3 Å². The van der Waals surface area contributed by atoms with Gasteiger partial charge in [0, 0.05) is 5.75 Å². The second-order valence-electron chi connectivity index (χ2n) is 3.44. The summed E-state index contributed by atoms with van der Waals surface area (Å²) in [6, 6.07) is 6.32. The van der Waals surface area contributed by atoms with Crippen LogP contribution >= 0.6 is 11.8 Å². The van der Waals surface area contributed by atoms with Crippen molar-refractivity contribution in [3.05, 3.63) is 35.1 Å². The summed E-state index contributed by atoms with van der Waals surface area (Å²) in [5.41, 5.74) is 0.361. The number of nitriles is 1. The van der Waals surface area contributed by atoms with Crippen LogP contribution in [-0.2, 0) is 10.5 Å². The van der Waals surface area contributed by atoms with E-state index in [1.54, 1.807) is 25.1 Å². The third-order valence-electron chi connectivity index (χ3n) is 2.29. The number of carbonyl (C=O) groups is 1. The molecule has 0 saturated heterocycles. The molecular formula is C12H12FNO2S. The van der Waals surface area contributed by atoms with E-state index in [4.69, 9.17) is 10.4 Å². The molecule has 1 atom stereocenters. The molecule has 90 valence electrons. The zero-order chi connectivity index (χ0) is 12.8. The molecule has 0 radical (unpaired) electrons. The summed E-state index contributed by atoms with van der Waals surface area (Å²) in [7, 11) is 0. The Morgan fingerprint density at radius 1 is 1.65 bits per heavy atom. The van der Waals surface area contributed by atoms with Crippen molar-refractivity contribution in [1.29, 1.82) is 5.26 Å². The summed E-state index contributed by atoms with van der Waals surface area (Å²) < 4.78 is 13.6. The van der Waals surface area contributed by atoms with E-state index in [1.165, 1.54) is 17.8 Å². The van der Waals surface area contributed by atoms with Crippen molar-refractivity contribution in [2.45, 2.75) is 24.3 Å². The third-order valence-corrected chi connectivity index (χ3v) is 3.70. The van der Waals surface area contributed by atoms with E-state index in [2.05, 4.69) is 0 Å². The quantitative estimate of drug-likeness (QED) is 0.876. The second-order valence-corrected chi connectivity index (χ2v) is 4.63. The van der Waals surface area contributed by atoms with Crippen LogP contribution in [0, 0.1) is 17.1 Å². The first-order valence-corrected chi connectivity index (χ1v) is 6.17. The first-order chi connectivity index (χ1) is 8.10. The molecule has 5 heteroatoms. The standard InChI is InChI=1S/C12H12FNO2S/c1-2-10(12(15)16)17-7-9-5-3-4-8(6-14)11(9)13/h3-5,10H,2,7H2,1H3,(H,15,16). The average Bonchev–Trinajstić information content (AvgIpc) is 2.31. The molecule has 0 heterocycles. The van der Waals surface area contributed by atoms with E-state index in [1.807, 2.05) is 0 Å². The SMILES string of the molecule is CCC(SCc1cccc(C#N)c1F)C(=O)O. The Bertz CT molecular complexity index is 456. The van der Waals surface area contributed by atoms with Crippen LogP contribution in [0.2, 0.25) is 0 Å². The number of thioether (sulfide) groups is 1. The molecule has 0 aliphatic heterocycles. The van der Waals surface area contributed by atoms with Crippen LogP contribution in [0.25, 0.3) is 0 Å². The van der Waals surface area contributed by atoms with Gasteiger partial charge >= 0.3 is 5.97 Å². The Balaban J connectivity index is 2.76. The Labute approximate surface area is 103 Å². The van der Waals surface area contributed by atoms with Gasteiger partial charge in [0.15, 0.2) is 0 Å². The Morgan fingerprint density at radius 2 is 2.35 bits per heavy atom. The highest BCUT2D eigenvalue weighted by Crippen LogP contribution is 2.23. The minimum absolute atomic E-state index is 0.00789. The van der Waals surface area contributed by atoms with Crippen LogP contribution < -0.4 is 0 Å². The van der Waals surface area contributed by atoms with Crippen LogP contribution in [0.4, 0.5) is 4.39 Å². The van der Waals surface area contributed by atoms with Gasteiger partial charge in [-0.3, -0.25) is 4.79 Å². The molecule has 0 aromatic heterocycles. The first kappa shape index (κ1) is 13.5. The zero-order valence-corrected chi connectivity index (χ0v) is 10.1. The van der Waals surface area contributed by atoms with Gasteiger partial charge in [0.25, 0.3) is 0 Å². The summed E-state index contributed by atoms with van der Waals surface area (Å²) in [6.07, 6.45) is 0.486. The molecular weight excluding hydrogens is 241 g/mol. The fourth-order valence-corrected chi connectivity index (χ4v) is 2.31. The van der Waals surface area contributed by atoms with Gasteiger partial charge in [-0.1, -0.05) is 19.1 Å². The molecule has 0 saturated carbocycles. The van der Waals surface area contributed by atoms with Crippen LogP contribution in [0.15, 0.2) is 18.2 Å². The molecule has 3 nitrogen and oxygen atoms in total. The van der Waals surface area contributed by atoms with Crippen molar-refractivity contribution in [1.82, 2.24) is 0 Å². The van der Waals surface area contributed by atoms with E-state index < -0.39 is 17.0 Å². The van der Waals surface area contributed by atoms with Crippen molar-refractivity contribution < 1.29 is 14.3 Å². The Morgan fingerprint density at radius 3 is 2.88 bits per heavy atom. The minimum atomic E-state index is -0.894. The van der Waals surface area contributed by atoms with Crippen LogP contribution in [0.3, 0.4) is 0 Å². The highest BCUT2D eigenvalue weighted by Gasteiger charge is 2.16. The highest BCUT2D eigenvalue weighted by molar-refractivity contribution is 7.99. The van der Waals surface area contributed by atoms with Gasteiger partial charge in [0.1, 0.15) is 17.1 Å². The minimum Gasteiger partial charge on any atom is -0.480 e. The summed E-state index contributed by atoms with van der Waals surface area (Å²) in [4.78, 5) is 10.8. The van der Waals surface area contributed by atoms with Crippen LogP contribution in [0.5, 0.6) is 0 Å².